The van der Waals surface area contributed by atoms with Crippen LogP contribution >= 0.6 is 0 Å². The van der Waals surface area contributed by atoms with E-state index >= 15 is 0 Å². The van der Waals surface area contributed by atoms with Crippen molar-refractivity contribution in [3.05, 3.63) is 59.7 Å². The number of carbonyl (C=O) groups is 1. The minimum Gasteiger partial charge on any atom is -0.324 e. The summed E-state index contributed by atoms with van der Waals surface area (Å²) in [7, 11) is 0. The van der Waals surface area contributed by atoms with Crippen molar-refractivity contribution in [3.8, 4) is 11.4 Å². The van der Waals surface area contributed by atoms with Crippen LogP contribution in [0.5, 0.6) is 0 Å². The lowest BCUT2D eigenvalue weighted by atomic mass is 10.1. The molecule has 0 fully saturated rings. The molecular weight excluding hydrogens is 302 g/mol. The largest absolute Gasteiger partial charge is 0.324 e. The zero-order valence-corrected chi connectivity index (χ0v) is 13.7. The smallest absolute Gasteiger partial charge is 0.248 e. The van der Waals surface area contributed by atoms with Crippen molar-refractivity contribution in [2.75, 3.05) is 5.32 Å². The highest BCUT2D eigenvalue weighted by atomic mass is 16.2. The Kier molecular flexibility index (Phi) is 4.65. The summed E-state index contributed by atoms with van der Waals surface area (Å²) in [5, 5.41) is 15.1. The maximum absolute atomic E-state index is 12.1. The first-order valence-electron chi connectivity index (χ1n) is 7.88. The van der Waals surface area contributed by atoms with Crippen molar-refractivity contribution in [3.63, 3.8) is 0 Å². The zero-order chi connectivity index (χ0) is 16.9. The summed E-state index contributed by atoms with van der Waals surface area (Å²) < 4.78 is 0. The van der Waals surface area contributed by atoms with Crippen LogP contribution in [0.15, 0.2) is 48.5 Å². The number of aromatic nitrogens is 4. The predicted octanol–water partition coefficient (Wildman–Crippen LogP) is 2.85. The summed E-state index contributed by atoms with van der Waals surface area (Å²) >= 11 is 0. The number of tetrazole rings is 1. The van der Waals surface area contributed by atoms with Gasteiger partial charge in [-0.05, 0) is 41.8 Å². The first-order chi connectivity index (χ1) is 11.7. The molecular formula is C18H19N5O. The molecule has 6 nitrogen and oxygen atoms in total. The Morgan fingerprint density at radius 3 is 2.58 bits per heavy atom. The molecule has 0 bridgehead atoms. The summed E-state index contributed by atoms with van der Waals surface area (Å²) in [6.07, 6.45) is 0.971. The van der Waals surface area contributed by atoms with Crippen molar-refractivity contribution >= 4 is 11.6 Å². The molecule has 1 N–H and O–H groups in total. The van der Waals surface area contributed by atoms with E-state index in [2.05, 4.69) is 27.7 Å². The Morgan fingerprint density at radius 1 is 1.12 bits per heavy atom. The third-order valence-corrected chi connectivity index (χ3v) is 3.77. The standard InChI is InChI=1S/C18H19N5O/c1-3-14-8-10-15(11-9-14)19-17(24)12-23-21-18(20-22-23)16-7-5-4-6-13(16)2/h4-11H,3,12H2,1-2H3,(H,19,24). The highest BCUT2D eigenvalue weighted by Crippen LogP contribution is 2.17. The Hall–Kier alpha value is -3.02. The molecule has 0 unspecified atom stereocenters. The van der Waals surface area contributed by atoms with Gasteiger partial charge >= 0.3 is 0 Å². The highest BCUT2D eigenvalue weighted by molar-refractivity contribution is 5.90. The molecule has 6 heteroatoms. The normalized spacial score (nSPS) is 10.6. The van der Waals surface area contributed by atoms with Crippen LogP contribution in [0.25, 0.3) is 11.4 Å². The van der Waals surface area contributed by atoms with Gasteiger partial charge in [0.2, 0.25) is 11.7 Å². The first-order valence-corrected chi connectivity index (χ1v) is 7.88. The molecule has 0 saturated heterocycles. The molecule has 3 aromatic rings. The van der Waals surface area contributed by atoms with Crippen molar-refractivity contribution < 1.29 is 4.79 Å². The molecule has 0 atom stereocenters. The minimum atomic E-state index is -0.187. The van der Waals surface area contributed by atoms with E-state index in [1.165, 1.54) is 10.4 Å². The van der Waals surface area contributed by atoms with E-state index in [4.69, 9.17) is 0 Å². The Labute approximate surface area is 140 Å². The maximum Gasteiger partial charge on any atom is 0.248 e. The lowest BCUT2D eigenvalue weighted by Crippen LogP contribution is -2.20. The SMILES string of the molecule is CCc1ccc(NC(=O)Cn2nnc(-c3ccccc3C)n2)cc1. The number of amides is 1. The monoisotopic (exact) mass is 321 g/mol. The van der Waals surface area contributed by atoms with Gasteiger partial charge in [0.15, 0.2) is 0 Å². The van der Waals surface area contributed by atoms with Crippen molar-refractivity contribution in [2.24, 2.45) is 0 Å². The number of hydrogen-bond acceptors (Lipinski definition) is 4. The fourth-order valence-corrected chi connectivity index (χ4v) is 2.39. The summed E-state index contributed by atoms with van der Waals surface area (Å²) in [5.74, 6) is 0.334. The second kappa shape index (κ2) is 7.04. The minimum absolute atomic E-state index is 0.0222. The second-order valence-electron chi connectivity index (χ2n) is 5.56. The number of carbonyl (C=O) groups excluding carboxylic acids is 1. The van der Waals surface area contributed by atoms with Gasteiger partial charge in [-0.3, -0.25) is 4.79 Å². The van der Waals surface area contributed by atoms with Gasteiger partial charge in [0.05, 0.1) is 0 Å². The van der Waals surface area contributed by atoms with E-state index in [1.807, 2.05) is 55.5 Å². The van der Waals surface area contributed by atoms with Crippen molar-refractivity contribution in [2.45, 2.75) is 26.8 Å². The zero-order valence-electron chi connectivity index (χ0n) is 13.7. The van der Waals surface area contributed by atoms with Gasteiger partial charge in [-0.25, -0.2) is 0 Å². The van der Waals surface area contributed by atoms with E-state index in [1.54, 1.807) is 0 Å². The number of benzene rings is 2. The molecule has 1 aromatic heterocycles. The third-order valence-electron chi connectivity index (χ3n) is 3.77. The van der Waals surface area contributed by atoms with Crippen LogP contribution in [-0.4, -0.2) is 26.1 Å². The van der Waals surface area contributed by atoms with Crippen LogP contribution < -0.4 is 5.32 Å². The van der Waals surface area contributed by atoms with Crippen molar-refractivity contribution in [1.29, 1.82) is 0 Å². The Bertz CT molecular complexity index is 839. The molecule has 0 saturated carbocycles. The van der Waals surface area contributed by atoms with Gasteiger partial charge in [-0.1, -0.05) is 43.3 Å². The molecule has 1 amide bonds. The number of hydrogen-bond donors (Lipinski definition) is 1. The molecule has 0 aliphatic carbocycles. The molecule has 2 aromatic carbocycles. The van der Waals surface area contributed by atoms with Crippen LogP contribution in [0, 0.1) is 6.92 Å². The summed E-state index contributed by atoms with van der Waals surface area (Å²) in [5.41, 5.74) is 3.97. The molecule has 0 radical (unpaired) electrons. The van der Waals surface area contributed by atoms with Crippen LogP contribution in [0.3, 0.4) is 0 Å². The Balaban J connectivity index is 1.66. The lowest BCUT2D eigenvalue weighted by molar-refractivity contribution is -0.117. The van der Waals surface area contributed by atoms with Crippen molar-refractivity contribution in [1.82, 2.24) is 20.2 Å². The number of nitrogens with one attached hydrogen (secondary N) is 1. The van der Waals surface area contributed by atoms with Crippen LogP contribution in [0.4, 0.5) is 5.69 Å². The topological polar surface area (TPSA) is 72.7 Å². The predicted molar refractivity (Wildman–Crippen MR) is 92.4 cm³/mol. The van der Waals surface area contributed by atoms with Gasteiger partial charge in [0.25, 0.3) is 0 Å². The molecule has 0 aliphatic rings. The lowest BCUT2D eigenvalue weighted by Gasteiger charge is -2.05. The van der Waals surface area contributed by atoms with Gasteiger partial charge in [-0.15, -0.1) is 10.2 Å². The number of anilines is 1. The average molecular weight is 321 g/mol. The van der Waals surface area contributed by atoms with Crippen LogP contribution in [-0.2, 0) is 17.8 Å². The van der Waals surface area contributed by atoms with Gasteiger partial charge in [0, 0.05) is 11.3 Å². The van der Waals surface area contributed by atoms with E-state index in [9.17, 15) is 4.79 Å². The molecule has 122 valence electrons. The number of aryl methyl sites for hydroxylation is 2. The number of rotatable bonds is 5. The van der Waals surface area contributed by atoms with E-state index in [-0.39, 0.29) is 12.5 Å². The molecule has 1 heterocycles. The summed E-state index contributed by atoms with van der Waals surface area (Å²) in [6, 6.07) is 15.6. The van der Waals surface area contributed by atoms with Gasteiger partial charge in [-0.2, -0.15) is 4.80 Å². The fraction of sp³-hybridized carbons (Fsp3) is 0.222. The molecule has 24 heavy (non-hydrogen) atoms. The maximum atomic E-state index is 12.1. The molecule has 0 aliphatic heterocycles. The summed E-state index contributed by atoms with van der Waals surface area (Å²) in [4.78, 5) is 13.4. The second-order valence-corrected chi connectivity index (χ2v) is 5.56. The average Bonchev–Trinajstić information content (AvgIpc) is 3.04. The van der Waals surface area contributed by atoms with Gasteiger partial charge in [0.1, 0.15) is 6.54 Å². The fourth-order valence-electron chi connectivity index (χ4n) is 2.39. The van der Waals surface area contributed by atoms with Gasteiger partial charge < -0.3 is 5.32 Å². The summed E-state index contributed by atoms with van der Waals surface area (Å²) in [6.45, 7) is 4.10. The molecule has 3 rings (SSSR count). The number of nitrogens with zero attached hydrogens (tertiary/aromatic N) is 4. The van der Waals surface area contributed by atoms with E-state index in [0.29, 0.717) is 5.82 Å². The molecule has 0 spiro atoms. The van der Waals surface area contributed by atoms with Crippen LogP contribution in [0.2, 0.25) is 0 Å². The Morgan fingerprint density at radius 2 is 1.88 bits per heavy atom. The third kappa shape index (κ3) is 3.65. The van der Waals surface area contributed by atoms with E-state index < -0.39 is 0 Å². The van der Waals surface area contributed by atoms with E-state index in [0.717, 1.165) is 23.2 Å². The van der Waals surface area contributed by atoms with Crippen LogP contribution in [0.1, 0.15) is 18.1 Å². The quantitative estimate of drug-likeness (QED) is 0.784. The highest BCUT2D eigenvalue weighted by Gasteiger charge is 2.11. The first kappa shape index (κ1) is 15.9.